The molecular weight excluding hydrogens is 262 g/mol. The van der Waals surface area contributed by atoms with E-state index in [-0.39, 0.29) is 13.2 Å². The third kappa shape index (κ3) is 3.56. The van der Waals surface area contributed by atoms with Crippen molar-refractivity contribution in [3.05, 3.63) is 0 Å². The molecule has 8 heteroatoms. The predicted molar refractivity (Wildman–Crippen MR) is 65.2 cm³/mol. The van der Waals surface area contributed by atoms with Crippen LogP contribution in [0.15, 0.2) is 0 Å². The van der Waals surface area contributed by atoms with Crippen molar-refractivity contribution in [1.82, 2.24) is 5.32 Å². The first-order valence-corrected chi connectivity index (χ1v) is 6.20. The molecule has 1 saturated heterocycles. The molecule has 0 aromatic carbocycles. The zero-order valence-electron chi connectivity index (χ0n) is 10.1. The van der Waals surface area contributed by atoms with E-state index in [1.807, 2.05) is 0 Å². The Labute approximate surface area is 110 Å². The molecule has 1 heterocycles. The van der Waals surface area contributed by atoms with Crippen molar-refractivity contribution in [2.24, 2.45) is 0 Å². The molecule has 0 spiro atoms. The lowest BCUT2D eigenvalue weighted by Crippen LogP contribution is -2.68. The monoisotopic (exact) mass is 281 g/mol. The Bertz CT molecular complexity index is 292. The normalized spacial score (nSPS) is 36.4. The van der Waals surface area contributed by atoms with Gasteiger partial charge in [-0.15, -0.1) is 0 Å². The molecule has 4 atom stereocenters. The van der Waals surface area contributed by atoms with Crippen molar-refractivity contribution < 1.29 is 29.6 Å². The largest absolute Gasteiger partial charge is 0.393 e. The second-order valence-corrected chi connectivity index (χ2v) is 4.65. The highest BCUT2D eigenvalue weighted by molar-refractivity contribution is 7.80. The van der Waals surface area contributed by atoms with Crippen LogP contribution in [0.3, 0.4) is 0 Å². The van der Waals surface area contributed by atoms with Crippen LogP contribution in [-0.2, 0) is 14.3 Å². The van der Waals surface area contributed by atoms with Gasteiger partial charge in [-0.25, -0.2) is 0 Å². The molecule has 1 aliphatic heterocycles. The fourth-order valence-electron chi connectivity index (χ4n) is 1.74. The van der Waals surface area contributed by atoms with Crippen molar-refractivity contribution in [2.45, 2.75) is 31.0 Å². The number of aliphatic hydroxyl groups is 3. The molecule has 0 aromatic heterocycles. The van der Waals surface area contributed by atoms with E-state index < -0.39 is 36.6 Å². The Morgan fingerprint density at radius 1 is 1.67 bits per heavy atom. The average Bonchev–Trinajstić information content (AvgIpc) is 2.34. The van der Waals surface area contributed by atoms with Crippen LogP contribution in [0.2, 0.25) is 0 Å². The van der Waals surface area contributed by atoms with Gasteiger partial charge in [-0.3, -0.25) is 4.79 Å². The number of rotatable bonds is 5. The fourth-order valence-corrected chi connectivity index (χ4v) is 1.85. The second-order valence-electron chi connectivity index (χ2n) is 4.21. The van der Waals surface area contributed by atoms with Crippen molar-refractivity contribution >= 4 is 18.5 Å². The lowest BCUT2D eigenvalue weighted by atomic mass is 9.89. The Morgan fingerprint density at radius 3 is 2.83 bits per heavy atom. The summed E-state index contributed by atoms with van der Waals surface area (Å²) in [7, 11) is 0. The van der Waals surface area contributed by atoms with Crippen LogP contribution in [0.5, 0.6) is 0 Å². The summed E-state index contributed by atoms with van der Waals surface area (Å²) in [4.78, 5) is 11.1. The SMILES string of the molecule is CC(=O)NC1[C@H](OCCS)OC[C@](O)(CO)[C@@H]1O. The molecule has 1 fully saturated rings. The van der Waals surface area contributed by atoms with Crippen molar-refractivity contribution in [1.29, 1.82) is 0 Å². The van der Waals surface area contributed by atoms with Gasteiger partial charge in [0.05, 0.1) is 19.8 Å². The molecule has 0 bridgehead atoms. The zero-order valence-corrected chi connectivity index (χ0v) is 11.0. The van der Waals surface area contributed by atoms with Crippen LogP contribution in [0.1, 0.15) is 6.92 Å². The van der Waals surface area contributed by atoms with Crippen molar-refractivity contribution in [2.75, 3.05) is 25.6 Å². The number of thiol groups is 1. The quantitative estimate of drug-likeness (QED) is 0.369. The molecule has 1 unspecified atom stereocenters. The summed E-state index contributed by atoms with van der Waals surface area (Å²) in [5.41, 5.74) is -1.81. The molecule has 18 heavy (non-hydrogen) atoms. The zero-order chi connectivity index (χ0) is 13.8. The van der Waals surface area contributed by atoms with E-state index in [1.54, 1.807) is 0 Å². The number of nitrogens with one attached hydrogen (secondary N) is 1. The lowest BCUT2D eigenvalue weighted by Gasteiger charge is -2.44. The summed E-state index contributed by atoms with van der Waals surface area (Å²) in [6, 6.07) is -0.951. The van der Waals surface area contributed by atoms with E-state index in [0.29, 0.717) is 5.75 Å². The first-order chi connectivity index (χ1) is 8.44. The van der Waals surface area contributed by atoms with Gasteiger partial charge in [0.15, 0.2) is 6.29 Å². The van der Waals surface area contributed by atoms with E-state index in [1.165, 1.54) is 6.92 Å². The van der Waals surface area contributed by atoms with Gasteiger partial charge >= 0.3 is 0 Å². The average molecular weight is 281 g/mol. The molecule has 4 N–H and O–H groups in total. The summed E-state index contributed by atoms with van der Waals surface area (Å²) >= 11 is 3.97. The van der Waals surface area contributed by atoms with Gasteiger partial charge in [-0.2, -0.15) is 12.6 Å². The van der Waals surface area contributed by atoms with Gasteiger partial charge in [-0.05, 0) is 0 Å². The maximum atomic E-state index is 11.1. The van der Waals surface area contributed by atoms with Crippen LogP contribution in [-0.4, -0.2) is 70.8 Å². The Kier molecular flexibility index (Phi) is 5.83. The summed E-state index contributed by atoms with van der Waals surface area (Å²) in [6.45, 7) is 0.588. The minimum absolute atomic E-state index is 0.272. The number of hydrogen-bond acceptors (Lipinski definition) is 7. The van der Waals surface area contributed by atoms with Crippen molar-refractivity contribution in [3.63, 3.8) is 0 Å². The van der Waals surface area contributed by atoms with Gasteiger partial charge in [0, 0.05) is 12.7 Å². The predicted octanol–water partition coefficient (Wildman–Crippen LogP) is -2.12. The number of amides is 1. The lowest BCUT2D eigenvalue weighted by molar-refractivity contribution is -0.270. The smallest absolute Gasteiger partial charge is 0.217 e. The third-order valence-corrected chi connectivity index (χ3v) is 2.88. The number of carbonyl (C=O) groups is 1. The van der Waals surface area contributed by atoms with Crippen molar-refractivity contribution in [3.8, 4) is 0 Å². The van der Waals surface area contributed by atoms with Crippen LogP contribution < -0.4 is 5.32 Å². The minimum atomic E-state index is -1.81. The summed E-state index contributed by atoms with van der Waals surface area (Å²) in [6.07, 6.45) is -2.27. The Balaban J connectivity index is 2.78. The molecule has 106 valence electrons. The highest BCUT2D eigenvalue weighted by Gasteiger charge is 2.49. The van der Waals surface area contributed by atoms with E-state index in [9.17, 15) is 15.0 Å². The second kappa shape index (κ2) is 6.69. The molecular formula is C10H19NO6S. The van der Waals surface area contributed by atoms with E-state index in [2.05, 4.69) is 17.9 Å². The standard InChI is InChI=1S/C10H19NO6S/c1-6(13)11-7-8(14)10(15,4-12)5-17-9(7)16-2-3-18/h7-9,12,14-15,18H,2-5H2,1H3,(H,11,13)/t7?,8-,9-,10-/m1/s1. The molecule has 7 nitrogen and oxygen atoms in total. The molecule has 1 amide bonds. The van der Waals surface area contributed by atoms with Crippen LogP contribution in [0.4, 0.5) is 0 Å². The Morgan fingerprint density at radius 2 is 2.33 bits per heavy atom. The molecule has 0 saturated carbocycles. The number of aliphatic hydroxyl groups excluding tert-OH is 2. The highest BCUT2D eigenvalue weighted by Crippen LogP contribution is 2.24. The first-order valence-electron chi connectivity index (χ1n) is 5.57. The van der Waals surface area contributed by atoms with Crippen LogP contribution in [0.25, 0.3) is 0 Å². The van der Waals surface area contributed by atoms with Gasteiger partial charge in [-0.1, -0.05) is 0 Å². The summed E-state index contributed by atoms with van der Waals surface area (Å²) in [5.74, 6) is 0.0526. The van der Waals surface area contributed by atoms with E-state index in [4.69, 9.17) is 14.6 Å². The number of hydrogen-bond donors (Lipinski definition) is 5. The third-order valence-electron chi connectivity index (χ3n) is 2.70. The van der Waals surface area contributed by atoms with Crippen LogP contribution in [0, 0.1) is 0 Å². The highest BCUT2D eigenvalue weighted by atomic mass is 32.1. The maximum absolute atomic E-state index is 11.1. The fraction of sp³-hybridized carbons (Fsp3) is 0.900. The molecule has 0 radical (unpaired) electrons. The number of ether oxygens (including phenoxy) is 2. The van der Waals surface area contributed by atoms with E-state index in [0.717, 1.165) is 0 Å². The first kappa shape index (κ1) is 15.7. The Hall–Kier alpha value is -0.380. The molecule has 1 rings (SSSR count). The molecule has 1 aliphatic rings. The summed E-state index contributed by atoms with van der Waals surface area (Å²) in [5, 5.41) is 31.5. The maximum Gasteiger partial charge on any atom is 0.217 e. The minimum Gasteiger partial charge on any atom is -0.393 e. The van der Waals surface area contributed by atoms with E-state index >= 15 is 0 Å². The van der Waals surface area contributed by atoms with Crippen LogP contribution >= 0.6 is 12.6 Å². The summed E-state index contributed by atoms with van der Waals surface area (Å²) < 4.78 is 10.5. The molecule has 0 aliphatic carbocycles. The van der Waals surface area contributed by atoms with Gasteiger partial charge in [0.1, 0.15) is 17.7 Å². The topological polar surface area (TPSA) is 108 Å². The van der Waals surface area contributed by atoms with Gasteiger partial charge in [0.2, 0.25) is 5.91 Å². The molecule has 0 aromatic rings. The number of carbonyl (C=O) groups excluding carboxylic acids is 1. The van der Waals surface area contributed by atoms with Gasteiger partial charge in [0.25, 0.3) is 0 Å². The van der Waals surface area contributed by atoms with Gasteiger partial charge < -0.3 is 30.1 Å².